The van der Waals surface area contributed by atoms with Gasteiger partial charge in [-0.1, -0.05) is 0 Å². The van der Waals surface area contributed by atoms with Crippen molar-refractivity contribution >= 4 is 0 Å². The quantitative estimate of drug-likeness (QED) is 0.547. The van der Waals surface area contributed by atoms with Gasteiger partial charge < -0.3 is 10.5 Å². The molecule has 1 aliphatic rings. The fourth-order valence-electron chi connectivity index (χ4n) is 1.20. The fourth-order valence-corrected chi connectivity index (χ4v) is 1.20. The van der Waals surface area contributed by atoms with Crippen molar-refractivity contribution in [2.24, 2.45) is 5.73 Å². The molecule has 0 aliphatic carbocycles. The normalized spacial score (nSPS) is 36.3. The van der Waals surface area contributed by atoms with Crippen LogP contribution in [0.3, 0.4) is 0 Å². The van der Waals surface area contributed by atoms with Crippen molar-refractivity contribution in [3.63, 3.8) is 0 Å². The third kappa shape index (κ3) is 1.48. The highest BCUT2D eigenvalue weighted by atomic mass is 16.5. The van der Waals surface area contributed by atoms with Gasteiger partial charge in [-0.15, -0.1) is 0 Å². The molecule has 2 atom stereocenters. The van der Waals surface area contributed by atoms with Crippen LogP contribution in [-0.2, 0) is 4.74 Å². The summed E-state index contributed by atoms with van der Waals surface area (Å²) in [4.78, 5) is 2.28. The summed E-state index contributed by atoms with van der Waals surface area (Å²) < 4.78 is 5.33. The van der Waals surface area contributed by atoms with E-state index in [-0.39, 0.29) is 0 Å². The van der Waals surface area contributed by atoms with Crippen LogP contribution < -0.4 is 5.73 Å². The Hall–Kier alpha value is -0.120. The van der Waals surface area contributed by atoms with Gasteiger partial charge in [-0.05, 0) is 14.0 Å². The van der Waals surface area contributed by atoms with E-state index in [4.69, 9.17) is 10.5 Å². The van der Waals surface area contributed by atoms with Crippen molar-refractivity contribution in [1.29, 1.82) is 0 Å². The summed E-state index contributed by atoms with van der Waals surface area (Å²) in [7, 11) is 2.10. The molecule has 2 unspecified atom stereocenters. The zero-order valence-electron chi connectivity index (χ0n) is 6.71. The number of morpholine rings is 1. The summed E-state index contributed by atoms with van der Waals surface area (Å²) in [5, 5.41) is 0. The van der Waals surface area contributed by atoms with Crippen LogP contribution in [0.5, 0.6) is 0 Å². The van der Waals surface area contributed by atoms with Gasteiger partial charge in [0.25, 0.3) is 0 Å². The predicted octanol–water partition coefficient (Wildman–Crippen LogP) is -0.336. The van der Waals surface area contributed by atoms with Crippen LogP contribution in [-0.4, -0.2) is 43.8 Å². The van der Waals surface area contributed by atoms with Crippen LogP contribution in [0, 0.1) is 0 Å². The molecule has 0 spiro atoms. The molecule has 0 radical (unpaired) electrons. The van der Waals surface area contributed by atoms with Gasteiger partial charge in [0.15, 0.2) is 0 Å². The average Bonchev–Trinajstić information content (AvgIpc) is 1.95. The number of hydrogen-bond donors (Lipinski definition) is 1. The number of likely N-dealkylation sites (N-methyl/N-ethyl adjacent to an activating group) is 1. The molecule has 1 saturated heterocycles. The Morgan fingerprint density at radius 2 is 2.30 bits per heavy atom. The highest BCUT2D eigenvalue weighted by molar-refractivity contribution is 4.77. The minimum Gasteiger partial charge on any atom is -0.378 e. The first-order valence-corrected chi connectivity index (χ1v) is 3.75. The average molecular weight is 144 g/mol. The van der Waals surface area contributed by atoms with Crippen LogP contribution in [0.1, 0.15) is 6.92 Å². The van der Waals surface area contributed by atoms with Crippen molar-refractivity contribution in [1.82, 2.24) is 4.90 Å². The fraction of sp³-hybridized carbons (Fsp3) is 1.00. The minimum absolute atomic E-state index is 0.420. The summed E-state index contributed by atoms with van der Waals surface area (Å²) in [5.74, 6) is 0. The third-order valence-corrected chi connectivity index (χ3v) is 2.21. The summed E-state index contributed by atoms with van der Waals surface area (Å²) in [5.41, 5.74) is 5.53. The van der Waals surface area contributed by atoms with Crippen LogP contribution in [0.25, 0.3) is 0 Å². The topological polar surface area (TPSA) is 38.5 Å². The lowest BCUT2D eigenvalue weighted by Gasteiger charge is -2.36. The van der Waals surface area contributed by atoms with E-state index in [2.05, 4.69) is 18.9 Å². The number of nitrogens with zero attached hydrogens (tertiary/aromatic N) is 1. The summed E-state index contributed by atoms with van der Waals surface area (Å²) in [6, 6.07) is 0.936. The van der Waals surface area contributed by atoms with Crippen molar-refractivity contribution in [2.75, 3.05) is 26.8 Å². The minimum atomic E-state index is 0.420. The highest BCUT2D eigenvalue weighted by Crippen LogP contribution is 2.08. The number of nitrogens with two attached hydrogens (primary N) is 1. The maximum Gasteiger partial charge on any atom is 0.0634 e. The molecule has 3 heteroatoms. The maximum atomic E-state index is 5.53. The van der Waals surface area contributed by atoms with Gasteiger partial charge in [0.2, 0.25) is 0 Å². The molecule has 60 valence electrons. The molecule has 0 aromatic heterocycles. The van der Waals surface area contributed by atoms with E-state index in [1.807, 2.05) is 0 Å². The molecule has 0 aromatic carbocycles. The molecule has 0 saturated carbocycles. The maximum absolute atomic E-state index is 5.53. The van der Waals surface area contributed by atoms with Crippen molar-refractivity contribution in [3.8, 4) is 0 Å². The summed E-state index contributed by atoms with van der Waals surface area (Å²) >= 11 is 0. The predicted molar refractivity (Wildman–Crippen MR) is 40.9 cm³/mol. The van der Waals surface area contributed by atoms with Gasteiger partial charge in [0.05, 0.1) is 13.2 Å². The Labute approximate surface area is 62.1 Å². The largest absolute Gasteiger partial charge is 0.378 e. The van der Waals surface area contributed by atoms with E-state index in [1.54, 1.807) is 0 Å². The Kier molecular flexibility index (Phi) is 2.65. The lowest BCUT2D eigenvalue weighted by atomic mass is 10.2. The van der Waals surface area contributed by atoms with Gasteiger partial charge in [0.1, 0.15) is 0 Å². The number of rotatable bonds is 1. The monoisotopic (exact) mass is 144 g/mol. The summed E-state index contributed by atoms with van der Waals surface area (Å²) in [6.07, 6.45) is 0. The van der Waals surface area contributed by atoms with E-state index >= 15 is 0 Å². The van der Waals surface area contributed by atoms with E-state index < -0.39 is 0 Å². The molecule has 3 nitrogen and oxygen atoms in total. The van der Waals surface area contributed by atoms with Crippen molar-refractivity contribution in [2.45, 2.75) is 19.0 Å². The van der Waals surface area contributed by atoms with Crippen LogP contribution in [0.2, 0.25) is 0 Å². The lowest BCUT2D eigenvalue weighted by Crippen LogP contribution is -2.51. The molecule has 1 aliphatic heterocycles. The second-order valence-corrected chi connectivity index (χ2v) is 2.94. The third-order valence-electron chi connectivity index (χ3n) is 2.21. The summed E-state index contributed by atoms with van der Waals surface area (Å²) in [6.45, 7) is 4.48. The smallest absolute Gasteiger partial charge is 0.0634 e. The van der Waals surface area contributed by atoms with Gasteiger partial charge in [-0.3, -0.25) is 4.90 Å². The molecule has 10 heavy (non-hydrogen) atoms. The molecule has 0 amide bonds. The van der Waals surface area contributed by atoms with E-state index in [1.165, 1.54) is 0 Å². The second-order valence-electron chi connectivity index (χ2n) is 2.94. The van der Waals surface area contributed by atoms with Crippen LogP contribution in [0.4, 0.5) is 0 Å². The Bertz CT molecular complexity index is 108. The first kappa shape index (κ1) is 7.98. The van der Waals surface area contributed by atoms with Gasteiger partial charge in [0, 0.05) is 18.6 Å². The van der Waals surface area contributed by atoms with Crippen molar-refractivity contribution in [3.05, 3.63) is 0 Å². The van der Waals surface area contributed by atoms with Crippen LogP contribution >= 0.6 is 0 Å². The molecular formula is C7H16N2O. The number of ether oxygens (including phenoxy) is 1. The molecule has 0 aromatic rings. The molecule has 1 fully saturated rings. The van der Waals surface area contributed by atoms with E-state index in [9.17, 15) is 0 Å². The molecule has 1 heterocycles. The second kappa shape index (κ2) is 3.32. The number of hydrogen-bond acceptors (Lipinski definition) is 3. The zero-order valence-corrected chi connectivity index (χ0v) is 6.71. The van der Waals surface area contributed by atoms with Gasteiger partial charge in [-0.2, -0.15) is 0 Å². The Balaban J connectivity index is 2.42. The zero-order chi connectivity index (χ0) is 7.56. The molecular weight excluding hydrogens is 128 g/mol. The van der Waals surface area contributed by atoms with E-state index in [0.29, 0.717) is 18.6 Å². The Morgan fingerprint density at radius 3 is 2.80 bits per heavy atom. The molecule has 0 bridgehead atoms. The lowest BCUT2D eigenvalue weighted by molar-refractivity contribution is -0.0259. The van der Waals surface area contributed by atoms with Crippen LogP contribution in [0.15, 0.2) is 0 Å². The van der Waals surface area contributed by atoms with Gasteiger partial charge in [-0.25, -0.2) is 0 Å². The highest BCUT2D eigenvalue weighted by Gasteiger charge is 2.23. The van der Waals surface area contributed by atoms with Crippen molar-refractivity contribution < 1.29 is 4.74 Å². The first-order chi connectivity index (χ1) is 4.75. The first-order valence-electron chi connectivity index (χ1n) is 3.75. The Morgan fingerprint density at radius 1 is 1.60 bits per heavy atom. The SMILES string of the molecule is CC1COCC(CN)N1C. The standard InChI is InChI=1S/C7H16N2O/c1-6-4-10-5-7(3-8)9(6)2/h6-7H,3-5,8H2,1-2H3. The molecule has 2 N–H and O–H groups in total. The van der Waals surface area contributed by atoms with Gasteiger partial charge >= 0.3 is 0 Å². The molecule has 1 rings (SSSR count). The van der Waals surface area contributed by atoms with E-state index in [0.717, 1.165) is 13.2 Å².